The molecule has 94 valence electrons. The number of ketones is 3. The lowest BCUT2D eigenvalue weighted by atomic mass is 9.68. The monoisotopic (exact) mass is 246 g/mol. The highest BCUT2D eigenvalue weighted by Crippen LogP contribution is 2.38. The van der Waals surface area contributed by atoms with Gasteiger partial charge in [-0.25, -0.2) is 0 Å². The number of rotatable bonds is 1. The third-order valence-corrected chi connectivity index (χ3v) is 3.97. The Morgan fingerprint density at radius 1 is 1.17 bits per heavy atom. The van der Waals surface area contributed by atoms with Crippen LogP contribution >= 0.6 is 0 Å². The molecule has 4 nitrogen and oxygen atoms in total. The van der Waals surface area contributed by atoms with E-state index >= 15 is 0 Å². The van der Waals surface area contributed by atoms with Gasteiger partial charge in [-0.2, -0.15) is 0 Å². The summed E-state index contributed by atoms with van der Waals surface area (Å²) in [7, 11) is 0. The van der Waals surface area contributed by atoms with Gasteiger partial charge in [0.1, 0.15) is 5.78 Å². The van der Waals surface area contributed by atoms with Gasteiger partial charge in [-0.1, -0.05) is 25.5 Å². The maximum Gasteiger partial charge on any atom is 0.232 e. The molecular weight excluding hydrogens is 232 g/mol. The summed E-state index contributed by atoms with van der Waals surface area (Å²) in [4.78, 5) is 46.4. The van der Waals surface area contributed by atoms with Crippen molar-refractivity contribution in [3.05, 3.63) is 23.3 Å². The van der Waals surface area contributed by atoms with Gasteiger partial charge in [-0.3, -0.25) is 19.2 Å². The zero-order valence-electron chi connectivity index (χ0n) is 10.3. The molecule has 2 rings (SSSR count). The minimum atomic E-state index is -0.741. The summed E-state index contributed by atoms with van der Waals surface area (Å²) in [5.41, 5.74) is 0.523. The molecule has 1 fully saturated rings. The Labute approximate surface area is 105 Å². The highest BCUT2D eigenvalue weighted by molar-refractivity contribution is 6.49. The first-order valence-corrected chi connectivity index (χ1v) is 5.94. The van der Waals surface area contributed by atoms with Crippen molar-refractivity contribution in [2.24, 2.45) is 17.8 Å². The number of aldehydes is 1. The zero-order valence-corrected chi connectivity index (χ0v) is 10.3. The molecule has 0 spiro atoms. The van der Waals surface area contributed by atoms with Crippen molar-refractivity contribution in [3.8, 4) is 0 Å². The maximum atomic E-state index is 12.1. The van der Waals surface area contributed by atoms with Crippen molar-refractivity contribution in [1.29, 1.82) is 0 Å². The van der Waals surface area contributed by atoms with Crippen LogP contribution < -0.4 is 0 Å². The van der Waals surface area contributed by atoms with Crippen LogP contribution in [0.5, 0.6) is 0 Å². The number of hydrogen-bond acceptors (Lipinski definition) is 4. The molecule has 0 N–H and O–H groups in total. The van der Waals surface area contributed by atoms with E-state index < -0.39 is 17.5 Å². The lowest BCUT2D eigenvalue weighted by Crippen LogP contribution is -2.39. The molecule has 0 aliphatic heterocycles. The maximum absolute atomic E-state index is 12.1. The van der Waals surface area contributed by atoms with Gasteiger partial charge in [0.2, 0.25) is 11.6 Å². The molecule has 0 saturated heterocycles. The van der Waals surface area contributed by atoms with Crippen molar-refractivity contribution in [2.45, 2.75) is 20.3 Å². The number of Topliss-reactive ketones (excluding diaryl/α,β-unsaturated/α-hetero) is 3. The predicted octanol–water partition coefficient (Wildman–Crippen LogP) is 1.05. The smallest absolute Gasteiger partial charge is 0.232 e. The Kier molecular flexibility index (Phi) is 3.11. The highest BCUT2D eigenvalue weighted by Gasteiger charge is 2.43. The fourth-order valence-corrected chi connectivity index (χ4v) is 2.61. The van der Waals surface area contributed by atoms with Crippen molar-refractivity contribution in [2.75, 3.05) is 0 Å². The van der Waals surface area contributed by atoms with E-state index in [0.29, 0.717) is 11.9 Å². The van der Waals surface area contributed by atoms with E-state index in [-0.39, 0.29) is 29.6 Å². The Balaban J connectivity index is 2.48. The first-order valence-electron chi connectivity index (χ1n) is 5.94. The number of hydrogen-bond donors (Lipinski definition) is 0. The Morgan fingerprint density at radius 2 is 1.83 bits per heavy atom. The van der Waals surface area contributed by atoms with Gasteiger partial charge in [-0.05, 0) is 12.0 Å². The fraction of sp³-hybridized carbons (Fsp3) is 0.429. The number of fused-ring (bicyclic) bond motifs is 1. The molecule has 0 aromatic rings. The highest BCUT2D eigenvalue weighted by atomic mass is 16.2. The van der Waals surface area contributed by atoms with Gasteiger partial charge < -0.3 is 0 Å². The minimum absolute atomic E-state index is 0.0770. The standard InChI is InChI=1S/C14H14O4/c1-7-8(2)12-9(5-11(7)16)3-4-10(6-15)13(17)14(12)18/h3-4,6-8,12H,5H2,1-2H3/t7-,8+,12+/m0/s1. The van der Waals surface area contributed by atoms with Gasteiger partial charge in [0.05, 0.1) is 11.5 Å². The van der Waals surface area contributed by atoms with Crippen LogP contribution in [0, 0.1) is 17.8 Å². The molecule has 0 aromatic heterocycles. The molecule has 0 bridgehead atoms. The van der Waals surface area contributed by atoms with E-state index in [0.717, 1.165) is 0 Å². The molecule has 0 aromatic carbocycles. The topological polar surface area (TPSA) is 68.3 Å². The number of allylic oxidation sites excluding steroid dienone is 4. The first kappa shape index (κ1) is 12.6. The molecular formula is C14H14O4. The van der Waals surface area contributed by atoms with Crippen LogP contribution in [-0.4, -0.2) is 23.6 Å². The summed E-state index contributed by atoms with van der Waals surface area (Å²) in [6.45, 7) is 3.58. The van der Waals surface area contributed by atoms with Crippen LogP contribution in [0.1, 0.15) is 20.3 Å². The second-order valence-electron chi connectivity index (χ2n) is 4.94. The Hall–Kier alpha value is -1.84. The van der Waals surface area contributed by atoms with E-state index in [1.165, 1.54) is 6.08 Å². The van der Waals surface area contributed by atoms with E-state index in [4.69, 9.17) is 0 Å². The Morgan fingerprint density at radius 3 is 2.44 bits per heavy atom. The van der Waals surface area contributed by atoms with Crippen LogP contribution in [0.4, 0.5) is 0 Å². The third kappa shape index (κ3) is 1.78. The quantitative estimate of drug-likeness (QED) is 0.394. The van der Waals surface area contributed by atoms with Crippen molar-refractivity contribution in [3.63, 3.8) is 0 Å². The molecule has 0 radical (unpaired) electrons. The molecule has 0 unspecified atom stereocenters. The number of carbonyl (C=O) groups excluding carboxylic acids is 4. The van der Waals surface area contributed by atoms with E-state index in [9.17, 15) is 19.2 Å². The van der Waals surface area contributed by atoms with E-state index in [1.807, 2.05) is 0 Å². The summed E-state index contributed by atoms with van der Waals surface area (Å²) < 4.78 is 0. The average molecular weight is 246 g/mol. The van der Waals surface area contributed by atoms with Crippen LogP contribution in [0.2, 0.25) is 0 Å². The first-order chi connectivity index (χ1) is 8.47. The van der Waals surface area contributed by atoms with Crippen molar-refractivity contribution >= 4 is 23.6 Å². The molecule has 1 saturated carbocycles. The lowest BCUT2D eigenvalue weighted by Gasteiger charge is -2.33. The summed E-state index contributed by atoms with van der Waals surface area (Å²) >= 11 is 0. The van der Waals surface area contributed by atoms with E-state index in [2.05, 4.69) is 0 Å². The van der Waals surface area contributed by atoms with Crippen LogP contribution in [-0.2, 0) is 19.2 Å². The Bertz CT molecular complexity index is 510. The van der Waals surface area contributed by atoms with Gasteiger partial charge in [0.15, 0.2) is 6.29 Å². The summed E-state index contributed by atoms with van der Waals surface area (Å²) in [5, 5.41) is 0. The summed E-state index contributed by atoms with van der Waals surface area (Å²) in [6.07, 6.45) is 3.51. The molecule has 3 atom stereocenters. The van der Waals surface area contributed by atoms with Crippen LogP contribution in [0.3, 0.4) is 0 Å². The second-order valence-corrected chi connectivity index (χ2v) is 4.94. The molecule has 0 heterocycles. The van der Waals surface area contributed by atoms with E-state index in [1.54, 1.807) is 19.9 Å². The predicted molar refractivity (Wildman–Crippen MR) is 63.7 cm³/mol. The normalized spacial score (nSPS) is 32.3. The minimum Gasteiger partial charge on any atom is -0.299 e. The SMILES string of the molecule is C[C@H]1[C@H]2C(=O)C(=O)C(C=O)=CC=C2CC(=O)[C@H]1C. The fourth-order valence-electron chi connectivity index (χ4n) is 2.61. The van der Waals surface area contributed by atoms with Gasteiger partial charge in [0.25, 0.3) is 0 Å². The molecule has 18 heavy (non-hydrogen) atoms. The second kappa shape index (κ2) is 4.44. The molecule has 2 aliphatic rings. The van der Waals surface area contributed by atoms with Crippen LogP contribution in [0.25, 0.3) is 0 Å². The van der Waals surface area contributed by atoms with Crippen molar-refractivity contribution < 1.29 is 19.2 Å². The molecule has 0 amide bonds. The number of carbonyl (C=O) groups is 4. The lowest BCUT2D eigenvalue weighted by molar-refractivity contribution is -0.139. The summed E-state index contributed by atoms with van der Waals surface area (Å²) in [6, 6.07) is 0. The third-order valence-electron chi connectivity index (χ3n) is 3.97. The van der Waals surface area contributed by atoms with Gasteiger partial charge in [0, 0.05) is 12.3 Å². The largest absolute Gasteiger partial charge is 0.299 e. The van der Waals surface area contributed by atoms with Crippen LogP contribution in [0.15, 0.2) is 23.3 Å². The summed E-state index contributed by atoms with van der Waals surface area (Å²) in [5.74, 6) is -2.22. The molecule has 2 aliphatic carbocycles. The van der Waals surface area contributed by atoms with Gasteiger partial charge in [-0.15, -0.1) is 0 Å². The van der Waals surface area contributed by atoms with Crippen molar-refractivity contribution in [1.82, 2.24) is 0 Å². The van der Waals surface area contributed by atoms with Gasteiger partial charge >= 0.3 is 0 Å². The average Bonchev–Trinajstić information content (AvgIpc) is 2.46. The zero-order chi connectivity index (χ0) is 13.4. The molecule has 4 heteroatoms.